The first-order chi connectivity index (χ1) is 10.1. The molecule has 4 heteroatoms. The van der Waals surface area contributed by atoms with Gasteiger partial charge in [0.25, 0.3) is 0 Å². The Morgan fingerprint density at radius 3 is 2.67 bits per heavy atom. The van der Waals surface area contributed by atoms with Gasteiger partial charge in [0.1, 0.15) is 17.3 Å². The number of hydrogen-bond acceptors (Lipinski definition) is 3. The Bertz CT molecular complexity index is 478. The SMILES string of the molecule is CC1CCC(OCCOc2ccccc2C(N)=S)CC1C. The second kappa shape index (κ2) is 7.76. The van der Waals surface area contributed by atoms with Crippen molar-refractivity contribution in [3.8, 4) is 5.75 Å². The summed E-state index contributed by atoms with van der Waals surface area (Å²) in [4.78, 5) is 0.363. The summed E-state index contributed by atoms with van der Waals surface area (Å²) in [5.41, 5.74) is 6.47. The molecule has 1 fully saturated rings. The molecule has 1 aliphatic rings. The molecule has 0 amide bonds. The quantitative estimate of drug-likeness (QED) is 0.645. The van der Waals surface area contributed by atoms with Crippen LogP contribution >= 0.6 is 12.2 Å². The zero-order chi connectivity index (χ0) is 15.2. The molecule has 2 N–H and O–H groups in total. The van der Waals surface area contributed by atoms with Crippen molar-refractivity contribution in [3.05, 3.63) is 29.8 Å². The third-order valence-corrected chi connectivity index (χ3v) is 4.62. The molecule has 116 valence electrons. The fourth-order valence-corrected chi connectivity index (χ4v) is 2.98. The average Bonchev–Trinajstić information content (AvgIpc) is 2.47. The van der Waals surface area contributed by atoms with Crippen LogP contribution in [0.4, 0.5) is 0 Å². The van der Waals surface area contributed by atoms with Crippen molar-refractivity contribution in [1.29, 1.82) is 0 Å². The van der Waals surface area contributed by atoms with Gasteiger partial charge in [0.05, 0.1) is 18.3 Å². The Balaban J connectivity index is 1.74. The van der Waals surface area contributed by atoms with E-state index in [0.29, 0.717) is 24.3 Å². The van der Waals surface area contributed by atoms with E-state index in [0.717, 1.165) is 36.0 Å². The average molecular weight is 307 g/mol. The lowest BCUT2D eigenvalue weighted by atomic mass is 9.80. The van der Waals surface area contributed by atoms with Crippen LogP contribution in [0.5, 0.6) is 5.75 Å². The zero-order valence-electron chi connectivity index (χ0n) is 12.9. The van der Waals surface area contributed by atoms with E-state index >= 15 is 0 Å². The second-order valence-corrected chi connectivity index (χ2v) is 6.41. The van der Waals surface area contributed by atoms with Crippen LogP contribution in [0.1, 0.15) is 38.7 Å². The summed E-state index contributed by atoms with van der Waals surface area (Å²) < 4.78 is 11.7. The number of hydrogen-bond donors (Lipinski definition) is 1. The normalized spacial score (nSPS) is 25.5. The smallest absolute Gasteiger partial charge is 0.129 e. The fourth-order valence-electron chi connectivity index (χ4n) is 2.81. The molecule has 1 aromatic carbocycles. The third kappa shape index (κ3) is 4.68. The maximum atomic E-state index is 5.93. The Hall–Kier alpha value is -1.13. The van der Waals surface area contributed by atoms with Crippen LogP contribution in [0.2, 0.25) is 0 Å². The lowest BCUT2D eigenvalue weighted by Crippen LogP contribution is -2.28. The van der Waals surface area contributed by atoms with Gasteiger partial charge >= 0.3 is 0 Å². The summed E-state index contributed by atoms with van der Waals surface area (Å²) in [5, 5.41) is 0. The first-order valence-corrected chi connectivity index (χ1v) is 8.12. The predicted octanol–water partition coefficient (Wildman–Crippen LogP) is 3.54. The van der Waals surface area contributed by atoms with E-state index < -0.39 is 0 Å². The molecule has 1 aliphatic carbocycles. The van der Waals surface area contributed by atoms with Crippen LogP contribution < -0.4 is 10.5 Å². The molecule has 0 aliphatic heterocycles. The van der Waals surface area contributed by atoms with Crippen molar-refractivity contribution in [3.63, 3.8) is 0 Å². The minimum Gasteiger partial charge on any atom is -0.490 e. The molecule has 21 heavy (non-hydrogen) atoms. The van der Waals surface area contributed by atoms with Crippen LogP contribution in [0.25, 0.3) is 0 Å². The van der Waals surface area contributed by atoms with Crippen LogP contribution in [0.15, 0.2) is 24.3 Å². The van der Waals surface area contributed by atoms with E-state index in [1.54, 1.807) is 0 Å². The molecular formula is C17H25NO2S. The highest BCUT2D eigenvalue weighted by Gasteiger charge is 2.24. The standard InChI is InChI=1S/C17H25NO2S/c1-12-7-8-14(11-13(12)2)19-9-10-20-16-6-4-3-5-15(16)17(18)21/h3-6,12-14H,7-11H2,1-2H3,(H2,18,21). The van der Waals surface area contributed by atoms with Gasteiger partial charge in [0, 0.05) is 0 Å². The van der Waals surface area contributed by atoms with Gasteiger partial charge in [-0.15, -0.1) is 0 Å². The summed E-state index contributed by atoms with van der Waals surface area (Å²) >= 11 is 5.02. The van der Waals surface area contributed by atoms with Gasteiger partial charge in [0.2, 0.25) is 0 Å². The fraction of sp³-hybridized carbons (Fsp3) is 0.588. The molecule has 0 spiro atoms. The van der Waals surface area contributed by atoms with E-state index in [-0.39, 0.29) is 0 Å². The van der Waals surface area contributed by atoms with Gasteiger partial charge in [-0.3, -0.25) is 0 Å². The summed E-state index contributed by atoms with van der Waals surface area (Å²) in [6.45, 7) is 5.78. The van der Waals surface area contributed by atoms with Crippen LogP contribution in [-0.2, 0) is 4.74 Å². The van der Waals surface area contributed by atoms with Crippen molar-refractivity contribution in [2.45, 2.75) is 39.2 Å². The van der Waals surface area contributed by atoms with Crippen LogP contribution in [0, 0.1) is 11.8 Å². The predicted molar refractivity (Wildman–Crippen MR) is 89.7 cm³/mol. The molecule has 0 heterocycles. The molecule has 0 radical (unpaired) electrons. The minimum atomic E-state index is 0.363. The van der Waals surface area contributed by atoms with E-state index in [2.05, 4.69) is 13.8 Å². The molecule has 3 atom stereocenters. The Morgan fingerprint density at radius 2 is 1.95 bits per heavy atom. The van der Waals surface area contributed by atoms with Gasteiger partial charge in [-0.1, -0.05) is 38.2 Å². The van der Waals surface area contributed by atoms with Gasteiger partial charge < -0.3 is 15.2 Å². The first-order valence-electron chi connectivity index (χ1n) is 7.71. The van der Waals surface area contributed by atoms with Crippen LogP contribution in [-0.4, -0.2) is 24.3 Å². The van der Waals surface area contributed by atoms with Crippen LogP contribution in [0.3, 0.4) is 0 Å². The van der Waals surface area contributed by atoms with E-state index in [1.165, 1.54) is 6.42 Å². The molecule has 1 saturated carbocycles. The molecule has 0 saturated heterocycles. The van der Waals surface area contributed by atoms with Gasteiger partial charge in [-0.05, 0) is 43.2 Å². The molecule has 0 aromatic heterocycles. The summed E-state index contributed by atoms with van der Waals surface area (Å²) in [6.07, 6.45) is 3.96. The number of para-hydroxylation sites is 1. The molecule has 3 unspecified atom stereocenters. The number of thiocarbonyl (C=S) groups is 1. The Kier molecular flexibility index (Phi) is 6.00. The number of ether oxygens (including phenoxy) is 2. The van der Waals surface area contributed by atoms with Crippen molar-refractivity contribution >= 4 is 17.2 Å². The summed E-state index contributed by atoms with van der Waals surface area (Å²) in [5.74, 6) is 2.30. The molecule has 0 bridgehead atoms. The monoisotopic (exact) mass is 307 g/mol. The largest absolute Gasteiger partial charge is 0.490 e. The molecule has 2 rings (SSSR count). The highest BCUT2D eigenvalue weighted by molar-refractivity contribution is 7.80. The van der Waals surface area contributed by atoms with E-state index in [1.807, 2.05) is 24.3 Å². The number of nitrogens with two attached hydrogens (primary N) is 1. The zero-order valence-corrected chi connectivity index (χ0v) is 13.7. The molecule has 1 aromatic rings. The van der Waals surface area contributed by atoms with Gasteiger partial charge in [-0.2, -0.15) is 0 Å². The van der Waals surface area contributed by atoms with Crippen molar-refractivity contribution in [1.82, 2.24) is 0 Å². The number of benzene rings is 1. The second-order valence-electron chi connectivity index (χ2n) is 5.97. The van der Waals surface area contributed by atoms with E-state index in [9.17, 15) is 0 Å². The summed E-state index contributed by atoms with van der Waals surface area (Å²) in [6, 6.07) is 7.59. The lowest BCUT2D eigenvalue weighted by Gasteiger charge is -2.31. The maximum Gasteiger partial charge on any atom is 0.129 e. The molecular weight excluding hydrogens is 282 g/mol. The Labute approximate surface area is 132 Å². The highest BCUT2D eigenvalue weighted by Crippen LogP contribution is 2.30. The topological polar surface area (TPSA) is 44.5 Å². The van der Waals surface area contributed by atoms with E-state index in [4.69, 9.17) is 27.4 Å². The highest BCUT2D eigenvalue weighted by atomic mass is 32.1. The number of rotatable bonds is 6. The van der Waals surface area contributed by atoms with Crippen molar-refractivity contribution in [2.24, 2.45) is 17.6 Å². The van der Waals surface area contributed by atoms with Crippen molar-refractivity contribution in [2.75, 3.05) is 13.2 Å². The van der Waals surface area contributed by atoms with Crippen molar-refractivity contribution < 1.29 is 9.47 Å². The Morgan fingerprint density at radius 1 is 1.19 bits per heavy atom. The third-order valence-electron chi connectivity index (χ3n) is 4.40. The summed E-state index contributed by atoms with van der Waals surface area (Å²) in [7, 11) is 0. The maximum absolute atomic E-state index is 5.93. The molecule has 3 nitrogen and oxygen atoms in total. The lowest BCUT2D eigenvalue weighted by molar-refractivity contribution is -0.00910. The first kappa shape index (κ1) is 16.2. The van der Waals surface area contributed by atoms with Gasteiger partial charge in [0.15, 0.2) is 0 Å². The minimum absolute atomic E-state index is 0.363. The van der Waals surface area contributed by atoms with Gasteiger partial charge in [-0.25, -0.2) is 0 Å².